The van der Waals surface area contributed by atoms with E-state index in [-0.39, 0.29) is 0 Å². The summed E-state index contributed by atoms with van der Waals surface area (Å²) >= 11 is 5.87. The summed E-state index contributed by atoms with van der Waals surface area (Å²) in [6, 6.07) is 13.5. The molecule has 0 bridgehead atoms. The van der Waals surface area contributed by atoms with E-state index in [0.29, 0.717) is 16.7 Å². The average Bonchev–Trinajstić information content (AvgIpc) is 2.92. The fourth-order valence-electron chi connectivity index (χ4n) is 2.02. The molecule has 3 nitrogen and oxygen atoms in total. The maximum absolute atomic E-state index is 5.87. The van der Waals surface area contributed by atoms with E-state index in [4.69, 9.17) is 16.1 Å². The summed E-state index contributed by atoms with van der Waals surface area (Å²) in [6.45, 7) is 4.07. The van der Waals surface area contributed by atoms with E-state index >= 15 is 0 Å². The molecule has 1 heterocycles. The van der Waals surface area contributed by atoms with E-state index in [1.807, 2.05) is 38.1 Å². The first kappa shape index (κ1) is 12.9. The van der Waals surface area contributed by atoms with Gasteiger partial charge in [0, 0.05) is 16.1 Å². The summed E-state index contributed by atoms with van der Waals surface area (Å²) in [5, 5.41) is 4.72. The van der Waals surface area contributed by atoms with Crippen molar-refractivity contribution in [3.05, 3.63) is 58.6 Å². The highest BCUT2D eigenvalue weighted by molar-refractivity contribution is 6.30. The van der Waals surface area contributed by atoms with Crippen LogP contribution in [0.25, 0.3) is 22.8 Å². The molecule has 0 radical (unpaired) electrons. The summed E-state index contributed by atoms with van der Waals surface area (Å²) < 4.78 is 5.38. The largest absolute Gasteiger partial charge is 0.334 e. The second-order valence-corrected chi connectivity index (χ2v) is 5.18. The van der Waals surface area contributed by atoms with Gasteiger partial charge >= 0.3 is 0 Å². The second-order valence-electron chi connectivity index (χ2n) is 4.75. The third-order valence-corrected chi connectivity index (χ3v) is 3.40. The van der Waals surface area contributed by atoms with Crippen LogP contribution >= 0.6 is 11.6 Å². The molecule has 0 fully saturated rings. The van der Waals surface area contributed by atoms with Crippen LogP contribution in [0.2, 0.25) is 5.02 Å². The average molecular weight is 285 g/mol. The highest BCUT2D eigenvalue weighted by Gasteiger charge is 2.12. The van der Waals surface area contributed by atoms with Crippen LogP contribution in [-0.2, 0) is 0 Å². The van der Waals surface area contributed by atoms with Crippen molar-refractivity contribution in [3.63, 3.8) is 0 Å². The predicted molar refractivity (Wildman–Crippen MR) is 79.7 cm³/mol. The lowest BCUT2D eigenvalue weighted by molar-refractivity contribution is 0.432. The van der Waals surface area contributed by atoms with Gasteiger partial charge in [0.1, 0.15) is 0 Å². The number of hydrogen-bond acceptors (Lipinski definition) is 3. The molecule has 1 aromatic heterocycles. The summed E-state index contributed by atoms with van der Waals surface area (Å²) in [5.41, 5.74) is 4.13. The third-order valence-electron chi connectivity index (χ3n) is 3.15. The van der Waals surface area contributed by atoms with Crippen LogP contribution in [0.3, 0.4) is 0 Å². The zero-order valence-electron chi connectivity index (χ0n) is 11.2. The van der Waals surface area contributed by atoms with Crippen LogP contribution in [0, 0.1) is 13.8 Å². The molecule has 0 spiro atoms. The summed E-state index contributed by atoms with van der Waals surface area (Å²) in [7, 11) is 0. The van der Waals surface area contributed by atoms with Crippen LogP contribution in [0.15, 0.2) is 47.0 Å². The molecule has 0 amide bonds. The number of aryl methyl sites for hydroxylation is 2. The molecule has 0 saturated heterocycles. The Morgan fingerprint density at radius 1 is 1.00 bits per heavy atom. The summed E-state index contributed by atoms with van der Waals surface area (Å²) in [5.74, 6) is 1.11. The van der Waals surface area contributed by atoms with Crippen molar-refractivity contribution >= 4 is 11.6 Å². The third kappa shape index (κ3) is 2.45. The molecule has 2 aromatic carbocycles. The van der Waals surface area contributed by atoms with Crippen LogP contribution < -0.4 is 0 Å². The number of halogens is 1. The van der Waals surface area contributed by atoms with Gasteiger partial charge in [-0.1, -0.05) is 34.5 Å². The first-order valence-electron chi connectivity index (χ1n) is 6.31. The highest BCUT2D eigenvalue weighted by Crippen LogP contribution is 2.26. The zero-order chi connectivity index (χ0) is 14.1. The Hall–Kier alpha value is -2.13. The lowest BCUT2D eigenvalue weighted by atomic mass is 10.1. The molecule has 0 aliphatic heterocycles. The van der Waals surface area contributed by atoms with Gasteiger partial charge in [-0.15, -0.1) is 0 Å². The van der Waals surface area contributed by atoms with Gasteiger partial charge in [0.25, 0.3) is 5.89 Å². The molecule has 0 aliphatic carbocycles. The quantitative estimate of drug-likeness (QED) is 0.686. The first-order chi connectivity index (χ1) is 9.63. The number of benzene rings is 2. The van der Waals surface area contributed by atoms with Gasteiger partial charge in [-0.05, 0) is 49.7 Å². The maximum Gasteiger partial charge on any atom is 0.258 e. The van der Waals surface area contributed by atoms with Crippen molar-refractivity contribution in [2.75, 3.05) is 0 Å². The molecule has 0 aliphatic rings. The predicted octanol–water partition coefficient (Wildman–Crippen LogP) is 4.67. The Kier molecular flexibility index (Phi) is 3.28. The number of hydrogen-bond donors (Lipinski definition) is 0. The number of rotatable bonds is 2. The molecule has 0 atom stereocenters. The Labute approximate surface area is 122 Å². The minimum atomic E-state index is 0.538. The van der Waals surface area contributed by atoms with Gasteiger partial charge < -0.3 is 4.52 Å². The van der Waals surface area contributed by atoms with E-state index in [1.165, 1.54) is 0 Å². The minimum Gasteiger partial charge on any atom is -0.334 e. The van der Waals surface area contributed by atoms with Crippen LogP contribution in [0.1, 0.15) is 11.1 Å². The van der Waals surface area contributed by atoms with E-state index in [0.717, 1.165) is 22.3 Å². The molecular formula is C16H13ClN2O. The van der Waals surface area contributed by atoms with Crippen molar-refractivity contribution in [2.24, 2.45) is 0 Å². The maximum atomic E-state index is 5.87. The van der Waals surface area contributed by atoms with Gasteiger partial charge in [-0.25, -0.2) is 0 Å². The smallest absolute Gasteiger partial charge is 0.258 e. The zero-order valence-corrected chi connectivity index (χ0v) is 12.0. The van der Waals surface area contributed by atoms with Gasteiger partial charge in [0.2, 0.25) is 5.82 Å². The normalized spacial score (nSPS) is 10.8. The number of nitrogens with zero attached hydrogens (tertiary/aromatic N) is 2. The fraction of sp³-hybridized carbons (Fsp3) is 0.125. The Bertz CT molecular complexity index is 747. The Morgan fingerprint density at radius 2 is 1.75 bits per heavy atom. The fourth-order valence-corrected chi connectivity index (χ4v) is 2.14. The SMILES string of the molecule is Cc1ccc(C)c(-c2nc(-c3ccc(Cl)cc3)no2)c1. The van der Waals surface area contributed by atoms with Crippen molar-refractivity contribution < 1.29 is 4.52 Å². The van der Waals surface area contributed by atoms with Gasteiger partial charge in [-0.2, -0.15) is 4.98 Å². The van der Waals surface area contributed by atoms with Crippen molar-refractivity contribution in [2.45, 2.75) is 13.8 Å². The van der Waals surface area contributed by atoms with E-state index < -0.39 is 0 Å². The van der Waals surface area contributed by atoms with Gasteiger partial charge in [-0.3, -0.25) is 0 Å². The molecule has 4 heteroatoms. The van der Waals surface area contributed by atoms with Gasteiger partial charge in [0.15, 0.2) is 0 Å². The Balaban J connectivity index is 2.01. The molecule has 0 N–H and O–H groups in total. The van der Waals surface area contributed by atoms with Crippen molar-refractivity contribution in [1.29, 1.82) is 0 Å². The van der Waals surface area contributed by atoms with E-state index in [9.17, 15) is 0 Å². The Morgan fingerprint density at radius 3 is 2.50 bits per heavy atom. The molecule has 3 aromatic rings. The molecule has 0 unspecified atom stereocenters. The van der Waals surface area contributed by atoms with Gasteiger partial charge in [0.05, 0.1) is 0 Å². The summed E-state index contributed by atoms with van der Waals surface area (Å²) in [4.78, 5) is 4.46. The standard InChI is InChI=1S/C16H13ClN2O/c1-10-3-4-11(2)14(9-10)16-18-15(19-20-16)12-5-7-13(17)8-6-12/h3-9H,1-2H3. The molecule has 0 saturated carbocycles. The van der Waals surface area contributed by atoms with E-state index in [2.05, 4.69) is 28.3 Å². The van der Waals surface area contributed by atoms with Crippen LogP contribution in [-0.4, -0.2) is 10.1 Å². The highest BCUT2D eigenvalue weighted by atomic mass is 35.5. The van der Waals surface area contributed by atoms with Crippen LogP contribution in [0.4, 0.5) is 0 Å². The minimum absolute atomic E-state index is 0.538. The second kappa shape index (κ2) is 5.10. The molecular weight excluding hydrogens is 272 g/mol. The molecule has 100 valence electrons. The van der Waals surface area contributed by atoms with Crippen LogP contribution in [0.5, 0.6) is 0 Å². The van der Waals surface area contributed by atoms with E-state index in [1.54, 1.807) is 0 Å². The first-order valence-corrected chi connectivity index (χ1v) is 6.68. The van der Waals surface area contributed by atoms with Crippen molar-refractivity contribution in [3.8, 4) is 22.8 Å². The number of aromatic nitrogens is 2. The lowest BCUT2D eigenvalue weighted by Gasteiger charge is -2.01. The summed E-state index contributed by atoms with van der Waals surface area (Å²) in [6.07, 6.45) is 0. The lowest BCUT2D eigenvalue weighted by Crippen LogP contribution is -1.85. The molecule has 3 rings (SSSR count). The topological polar surface area (TPSA) is 38.9 Å². The van der Waals surface area contributed by atoms with Crippen molar-refractivity contribution in [1.82, 2.24) is 10.1 Å². The molecule has 20 heavy (non-hydrogen) atoms. The monoisotopic (exact) mass is 284 g/mol.